The van der Waals surface area contributed by atoms with E-state index in [-0.39, 0.29) is 30.0 Å². The van der Waals surface area contributed by atoms with E-state index in [1.54, 1.807) is 26.8 Å². The quantitative estimate of drug-likeness (QED) is 0.419. The second kappa shape index (κ2) is 8.79. The van der Waals surface area contributed by atoms with Crippen LogP contribution in [0, 0.1) is 34.0 Å². The van der Waals surface area contributed by atoms with Gasteiger partial charge >= 0.3 is 5.97 Å². The van der Waals surface area contributed by atoms with Gasteiger partial charge in [0.15, 0.2) is 11.6 Å². The third-order valence-corrected chi connectivity index (χ3v) is 10.4. The van der Waals surface area contributed by atoms with Gasteiger partial charge in [0, 0.05) is 10.8 Å². The molecule has 0 aromatic carbocycles. The molecule has 0 aromatic heterocycles. The molecule has 0 aromatic rings. The van der Waals surface area contributed by atoms with Crippen LogP contribution in [0.3, 0.4) is 0 Å². The lowest BCUT2D eigenvalue weighted by Gasteiger charge is -2.63. The lowest BCUT2D eigenvalue weighted by molar-refractivity contribution is -0.179. The molecule has 3 saturated carbocycles. The number of aliphatic hydroxyl groups is 3. The van der Waals surface area contributed by atoms with Crippen molar-refractivity contribution < 1.29 is 34.8 Å². The average molecular weight is 511 g/mol. The maximum Gasteiger partial charge on any atom is 0.308 e. The van der Waals surface area contributed by atoms with E-state index in [2.05, 4.69) is 0 Å². The molecule has 0 radical (unpaired) electrons. The van der Waals surface area contributed by atoms with Crippen LogP contribution in [0.1, 0.15) is 67.2 Å². The second-order valence-electron chi connectivity index (χ2n) is 12.3. The number of ketones is 2. The van der Waals surface area contributed by atoms with Crippen molar-refractivity contribution >= 4 is 29.1 Å². The van der Waals surface area contributed by atoms with Gasteiger partial charge in [0.25, 0.3) is 0 Å². The van der Waals surface area contributed by atoms with Crippen LogP contribution in [0.4, 0.5) is 0 Å². The number of fused-ring (bicyclic) bond motifs is 5. The van der Waals surface area contributed by atoms with Crippen LogP contribution in [0.15, 0.2) is 23.8 Å². The summed E-state index contributed by atoms with van der Waals surface area (Å²) in [4.78, 5) is 33.5. The van der Waals surface area contributed by atoms with Crippen molar-refractivity contribution in [1.29, 1.82) is 0 Å². The zero-order valence-corrected chi connectivity index (χ0v) is 22.2. The number of carboxylic acids is 1. The van der Waals surface area contributed by atoms with Gasteiger partial charge in [-0.1, -0.05) is 32.4 Å². The number of rotatable bonds is 2. The zero-order valence-electron chi connectivity index (χ0n) is 21.5. The minimum absolute atomic E-state index is 0.0567. The summed E-state index contributed by atoms with van der Waals surface area (Å²) in [6.45, 7) is 9.96. The average Bonchev–Trinajstić information content (AvgIpc) is 2.96. The molecule has 0 amide bonds. The Bertz CT molecular complexity index is 981. The zero-order chi connectivity index (χ0) is 26.8. The Kier molecular flexibility index (Phi) is 7.04. The molecule has 8 atom stereocenters. The highest BCUT2D eigenvalue weighted by atomic mass is 35.5. The lowest BCUT2D eigenvalue weighted by atomic mass is 9.45. The van der Waals surface area contributed by atoms with Crippen molar-refractivity contribution in [2.24, 2.45) is 34.0 Å². The van der Waals surface area contributed by atoms with E-state index >= 15 is 0 Å². The molecule has 4 rings (SSSR count). The number of aliphatic hydroxyl groups excluding tert-OH is 2. The molecule has 4 aliphatic carbocycles. The van der Waals surface area contributed by atoms with Gasteiger partial charge in [-0.2, -0.15) is 0 Å². The SMILES string of the molecule is CC(C)(C)C(=O)O.C[C@H]1C[C@H]2[C@@H]3CCC4=CC(=O)C=C[C@]4(C)[C@@]3(Cl)[C@@H](O)C[C@]2(C)[C@@]1(O)C(=O)CO. The van der Waals surface area contributed by atoms with Crippen LogP contribution in [0.25, 0.3) is 0 Å². The monoisotopic (exact) mass is 510 g/mol. The molecule has 196 valence electrons. The Balaban J connectivity index is 0.000000429. The molecule has 0 heterocycles. The minimum Gasteiger partial charge on any atom is -0.481 e. The number of alkyl halides is 1. The fourth-order valence-electron chi connectivity index (χ4n) is 7.26. The van der Waals surface area contributed by atoms with Gasteiger partial charge in [-0.25, -0.2) is 0 Å². The molecule has 0 unspecified atom stereocenters. The summed E-state index contributed by atoms with van der Waals surface area (Å²) >= 11 is 7.30. The molecular weight excluding hydrogens is 472 g/mol. The molecule has 3 fully saturated rings. The summed E-state index contributed by atoms with van der Waals surface area (Å²) in [6, 6.07) is 0. The third-order valence-electron chi connectivity index (χ3n) is 9.43. The first-order valence-corrected chi connectivity index (χ1v) is 12.7. The van der Waals surface area contributed by atoms with E-state index in [0.717, 1.165) is 5.57 Å². The standard InChI is InChI=1S/C22H29ClO5.C5H10O2/c1-12-8-16-15-5-4-13-9-14(25)6-7-19(13,2)21(15,23)17(26)10-20(16,3)22(12,28)18(27)11-24;1-5(2,3)4(6)7/h6-7,9,12,15-17,24,26,28H,4-5,8,10-11H2,1-3H3;1-3H3,(H,6,7)/t12-,15-,16-,17-,19-,20-,21-,22-;/m0./s1. The normalized spacial score (nSPS) is 44.3. The fraction of sp³-hybridized carbons (Fsp3) is 0.741. The maximum atomic E-state index is 12.6. The molecule has 0 spiro atoms. The predicted molar refractivity (Wildman–Crippen MR) is 132 cm³/mol. The van der Waals surface area contributed by atoms with Gasteiger partial charge in [0.2, 0.25) is 0 Å². The highest BCUT2D eigenvalue weighted by Crippen LogP contribution is 2.71. The number of allylic oxidation sites excluding steroid dienone is 4. The molecule has 35 heavy (non-hydrogen) atoms. The van der Waals surface area contributed by atoms with E-state index in [4.69, 9.17) is 16.7 Å². The second-order valence-corrected chi connectivity index (χ2v) is 12.9. The van der Waals surface area contributed by atoms with Crippen molar-refractivity contribution in [2.45, 2.75) is 83.8 Å². The molecule has 0 saturated heterocycles. The van der Waals surface area contributed by atoms with Gasteiger partial charge in [-0.05, 0) is 76.4 Å². The summed E-state index contributed by atoms with van der Waals surface area (Å²) in [5.41, 5.74) is -2.83. The first kappa shape index (κ1) is 28.0. The minimum atomic E-state index is -1.68. The smallest absolute Gasteiger partial charge is 0.308 e. The van der Waals surface area contributed by atoms with Gasteiger partial charge in [0.05, 0.1) is 16.4 Å². The van der Waals surface area contributed by atoms with Crippen molar-refractivity contribution in [1.82, 2.24) is 0 Å². The number of halogens is 1. The molecule has 4 N–H and O–H groups in total. The van der Waals surface area contributed by atoms with Crippen molar-refractivity contribution in [3.63, 3.8) is 0 Å². The largest absolute Gasteiger partial charge is 0.481 e. The summed E-state index contributed by atoms with van der Waals surface area (Å²) in [5, 5.41) is 40.6. The van der Waals surface area contributed by atoms with E-state index in [1.165, 1.54) is 6.08 Å². The number of aliphatic carboxylic acids is 1. The molecule has 0 bridgehead atoms. The fourth-order valence-corrected chi connectivity index (χ4v) is 7.78. The Hall–Kier alpha value is -1.54. The van der Waals surface area contributed by atoms with Crippen LogP contribution in [0.5, 0.6) is 0 Å². The Morgan fingerprint density at radius 2 is 1.77 bits per heavy atom. The first-order chi connectivity index (χ1) is 15.9. The number of carbonyl (C=O) groups excluding carboxylic acids is 2. The molecular formula is C27H39ClO7. The van der Waals surface area contributed by atoms with Gasteiger partial charge in [-0.15, -0.1) is 11.6 Å². The van der Waals surface area contributed by atoms with Crippen LogP contribution in [-0.2, 0) is 14.4 Å². The van der Waals surface area contributed by atoms with Crippen LogP contribution in [-0.4, -0.2) is 61.1 Å². The number of carbonyl (C=O) groups is 3. The number of hydrogen-bond donors (Lipinski definition) is 4. The van der Waals surface area contributed by atoms with Crippen molar-refractivity contribution in [2.75, 3.05) is 6.61 Å². The molecule has 8 heteroatoms. The van der Waals surface area contributed by atoms with Gasteiger partial charge in [0.1, 0.15) is 12.2 Å². The van der Waals surface area contributed by atoms with Crippen molar-refractivity contribution in [3.8, 4) is 0 Å². The number of carboxylic acid groups (broad SMARTS) is 1. The highest BCUT2D eigenvalue weighted by Gasteiger charge is 2.74. The first-order valence-electron chi connectivity index (χ1n) is 12.3. The Labute approximate surface area is 212 Å². The third kappa shape index (κ3) is 3.85. The molecule has 0 aliphatic heterocycles. The summed E-state index contributed by atoms with van der Waals surface area (Å²) in [6.07, 6.45) is 6.22. The van der Waals surface area contributed by atoms with Gasteiger partial charge in [-0.3, -0.25) is 14.4 Å². The highest BCUT2D eigenvalue weighted by molar-refractivity contribution is 6.26. The predicted octanol–water partition coefficient (Wildman–Crippen LogP) is 3.28. The number of hydrogen-bond acceptors (Lipinski definition) is 6. The summed E-state index contributed by atoms with van der Waals surface area (Å²) in [7, 11) is 0. The molecule has 7 nitrogen and oxygen atoms in total. The van der Waals surface area contributed by atoms with Crippen LogP contribution >= 0.6 is 11.6 Å². The lowest BCUT2D eigenvalue weighted by Crippen LogP contribution is -2.69. The maximum absolute atomic E-state index is 12.6. The van der Waals surface area contributed by atoms with Crippen LogP contribution < -0.4 is 0 Å². The summed E-state index contributed by atoms with van der Waals surface area (Å²) < 4.78 is 0. The Morgan fingerprint density at radius 1 is 1.20 bits per heavy atom. The number of Topliss-reactive ketones (excluding diaryl/α,β-unsaturated/α-hetero) is 1. The van der Waals surface area contributed by atoms with E-state index in [1.807, 2.05) is 26.8 Å². The topological polar surface area (TPSA) is 132 Å². The van der Waals surface area contributed by atoms with Crippen molar-refractivity contribution in [3.05, 3.63) is 23.8 Å². The molecule has 4 aliphatic rings. The Morgan fingerprint density at radius 3 is 2.29 bits per heavy atom. The summed E-state index contributed by atoms with van der Waals surface area (Å²) in [5.74, 6) is -1.91. The van der Waals surface area contributed by atoms with Gasteiger partial charge < -0.3 is 20.4 Å². The van der Waals surface area contributed by atoms with E-state index < -0.39 is 51.2 Å². The van der Waals surface area contributed by atoms with E-state index in [0.29, 0.717) is 19.3 Å². The van der Waals surface area contributed by atoms with Crippen LogP contribution in [0.2, 0.25) is 0 Å². The van der Waals surface area contributed by atoms with E-state index in [9.17, 15) is 29.7 Å².